The highest BCUT2D eigenvalue weighted by molar-refractivity contribution is 5.59. The molecule has 0 radical (unpaired) electrons. The molecule has 0 saturated heterocycles. The molecule has 1 heterocycles. The Morgan fingerprint density at radius 1 is 1.40 bits per heavy atom. The molecule has 15 heavy (non-hydrogen) atoms. The Bertz CT molecular complexity index is 451. The van der Waals surface area contributed by atoms with Crippen LogP contribution in [0.1, 0.15) is 5.69 Å². The van der Waals surface area contributed by atoms with Crippen LogP contribution >= 0.6 is 0 Å². The van der Waals surface area contributed by atoms with Gasteiger partial charge in [0.25, 0.3) is 0 Å². The summed E-state index contributed by atoms with van der Waals surface area (Å²) in [4.78, 5) is 0. The Labute approximate surface area is 87.3 Å². The lowest BCUT2D eigenvalue weighted by Crippen LogP contribution is -2.04. The number of nitrogens with one attached hydrogen (secondary N) is 2. The Balaban J connectivity index is 2.33. The summed E-state index contributed by atoms with van der Waals surface area (Å²) in [5.74, 6) is -0.250. The summed E-state index contributed by atoms with van der Waals surface area (Å²) in [6.45, 7) is 0.696. The molecule has 0 aliphatic heterocycles. The second-order valence-electron chi connectivity index (χ2n) is 3.29. The molecule has 1 aromatic heterocycles. The number of rotatable bonds is 3. The van der Waals surface area contributed by atoms with Crippen LogP contribution in [0.25, 0.3) is 11.3 Å². The molecule has 2 rings (SSSR count). The highest BCUT2D eigenvalue weighted by atomic mass is 19.1. The van der Waals surface area contributed by atoms with Gasteiger partial charge in [0.15, 0.2) is 0 Å². The van der Waals surface area contributed by atoms with Crippen molar-refractivity contribution in [1.29, 1.82) is 0 Å². The van der Waals surface area contributed by atoms with E-state index in [0.29, 0.717) is 17.8 Å². The fourth-order valence-corrected chi connectivity index (χ4v) is 1.45. The van der Waals surface area contributed by atoms with Gasteiger partial charge in [-0.15, -0.1) is 0 Å². The van der Waals surface area contributed by atoms with Gasteiger partial charge in [-0.2, -0.15) is 5.10 Å². The zero-order valence-electron chi connectivity index (χ0n) is 8.42. The maximum Gasteiger partial charge on any atom is 0.132 e. The molecule has 0 aliphatic carbocycles. The van der Waals surface area contributed by atoms with Crippen molar-refractivity contribution in [2.45, 2.75) is 6.54 Å². The van der Waals surface area contributed by atoms with Crippen molar-refractivity contribution in [2.24, 2.45) is 0 Å². The van der Waals surface area contributed by atoms with Gasteiger partial charge in [0.1, 0.15) is 5.82 Å². The molecule has 0 saturated carbocycles. The van der Waals surface area contributed by atoms with Crippen LogP contribution in [-0.2, 0) is 6.54 Å². The van der Waals surface area contributed by atoms with E-state index in [1.54, 1.807) is 18.2 Å². The first-order valence-corrected chi connectivity index (χ1v) is 4.75. The number of H-pyrrole nitrogens is 1. The summed E-state index contributed by atoms with van der Waals surface area (Å²) in [7, 11) is 1.85. The van der Waals surface area contributed by atoms with E-state index in [-0.39, 0.29) is 5.82 Å². The van der Waals surface area contributed by atoms with Gasteiger partial charge in [0, 0.05) is 17.8 Å². The summed E-state index contributed by atoms with van der Waals surface area (Å²) in [5.41, 5.74) is 2.10. The number of aromatic nitrogens is 2. The van der Waals surface area contributed by atoms with Crippen LogP contribution in [0.3, 0.4) is 0 Å². The second-order valence-corrected chi connectivity index (χ2v) is 3.29. The molecule has 0 fully saturated rings. The van der Waals surface area contributed by atoms with Crippen LogP contribution in [0, 0.1) is 5.82 Å². The van der Waals surface area contributed by atoms with Crippen molar-refractivity contribution in [3.05, 3.63) is 41.8 Å². The third-order valence-electron chi connectivity index (χ3n) is 2.15. The first-order valence-electron chi connectivity index (χ1n) is 4.75. The predicted molar refractivity (Wildman–Crippen MR) is 56.7 cm³/mol. The zero-order valence-corrected chi connectivity index (χ0v) is 8.42. The summed E-state index contributed by atoms with van der Waals surface area (Å²) in [6, 6.07) is 8.45. The van der Waals surface area contributed by atoms with Gasteiger partial charge in [-0.05, 0) is 25.2 Å². The predicted octanol–water partition coefficient (Wildman–Crippen LogP) is 1.94. The molecule has 3 nitrogen and oxygen atoms in total. The minimum atomic E-state index is -0.250. The van der Waals surface area contributed by atoms with Gasteiger partial charge in [-0.25, -0.2) is 4.39 Å². The van der Waals surface area contributed by atoms with E-state index in [1.807, 2.05) is 13.1 Å². The first-order chi connectivity index (χ1) is 7.31. The molecule has 78 valence electrons. The van der Waals surface area contributed by atoms with Crippen molar-refractivity contribution in [3.63, 3.8) is 0 Å². The Kier molecular flexibility index (Phi) is 2.78. The van der Waals surface area contributed by atoms with Gasteiger partial charge < -0.3 is 5.32 Å². The lowest BCUT2D eigenvalue weighted by molar-refractivity contribution is 0.630. The molecule has 2 aromatic rings. The van der Waals surface area contributed by atoms with Crippen LogP contribution < -0.4 is 5.32 Å². The minimum Gasteiger partial charge on any atom is -0.314 e. The summed E-state index contributed by atoms with van der Waals surface area (Å²) in [6.07, 6.45) is 0. The number of hydrogen-bond acceptors (Lipinski definition) is 2. The molecular weight excluding hydrogens is 193 g/mol. The lowest BCUT2D eigenvalue weighted by Gasteiger charge is -1.96. The second kappa shape index (κ2) is 4.23. The molecule has 0 spiro atoms. The molecule has 0 bridgehead atoms. The van der Waals surface area contributed by atoms with Crippen LogP contribution in [-0.4, -0.2) is 17.2 Å². The molecule has 0 unspecified atom stereocenters. The molecule has 2 N–H and O–H groups in total. The van der Waals surface area contributed by atoms with Crippen molar-refractivity contribution >= 4 is 0 Å². The highest BCUT2D eigenvalue weighted by Crippen LogP contribution is 2.20. The minimum absolute atomic E-state index is 0.250. The Hall–Kier alpha value is -1.68. The Morgan fingerprint density at radius 2 is 2.20 bits per heavy atom. The Morgan fingerprint density at radius 3 is 2.93 bits per heavy atom. The van der Waals surface area contributed by atoms with Crippen molar-refractivity contribution in [3.8, 4) is 11.3 Å². The van der Waals surface area contributed by atoms with E-state index in [0.717, 1.165) is 5.69 Å². The molecular formula is C11H12FN3. The average molecular weight is 205 g/mol. The lowest BCUT2D eigenvalue weighted by atomic mass is 10.1. The third kappa shape index (κ3) is 2.05. The fourth-order valence-electron chi connectivity index (χ4n) is 1.45. The standard InChI is InChI=1S/C11H12FN3/c1-13-7-8-6-11(15-14-8)9-4-2-3-5-10(9)12/h2-6,13H,7H2,1H3,(H,14,15). The maximum absolute atomic E-state index is 13.4. The van der Waals surface area contributed by atoms with Crippen molar-refractivity contribution in [1.82, 2.24) is 15.5 Å². The van der Waals surface area contributed by atoms with Crippen molar-refractivity contribution in [2.75, 3.05) is 7.05 Å². The molecule has 4 heteroatoms. The van der Waals surface area contributed by atoms with E-state index >= 15 is 0 Å². The monoisotopic (exact) mass is 205 g/mol. The third-order valence-corrected chi connectivity index (χ3v) is 2.15. The first kappa shape index (κ1) is 9.86. The highest BCUT2D eigenvalue weighted by Gasteiger charge is 2.07. The van der Waals surface area contributed by atoms with Crippen LogP contribution in [0.2, 0.25) is 0 Å². The summed E-state index contributed by atoms with van der Waals surface area (Å²) < 4.78 is 13.4. The molecule has 0 amide bonds. The van der Waals surface area contributed by atoms with E-state index in [4.69, 9.17) is 0 Å². The number of nitrogens with zero attached hydrogens (tertiary/aromatic N) is 1. The fraction of sp³-hybridized carbons (Fsp3) is 0.182. The van der Waals surface area contributed by atoms with Gasteiger partial charge in [-0.1, -0.05) is 12.1 Å². The topological polar surface area (TPSA) is 40.7 Å². The van der Waals surface area contributed by atoms with Crippen molar-refractivity contribution < 1.29 is 4.39 Å². The van der Waals surface area contributed by atoms with Crippen LogP contribution in [0.5, 0.6) is 0 Å². The largest absolute Gasteiger partial charge is 0.314 e. The number of aromatic amines is 1. The van der Waals surface area contributed by atoms with E-state index < -0.39 is 0 Å². The van der Waals surface area contributed by atoms with Crippen LogP contribution in [0.15, 0.2) is 30.3 Å². The molecule has 1 aromatic carbocycles. The number of benzene rings is 1. The van der Waals surface area contributed by atoms with Gasteiger partial charge in [-0.3, -0.25) is 5.10 Å². The SMILES string of the molecule is CNCc1cc(-c2ccccc2F)n[nH]1. The maximum atomic E-state index is 13.4. The number of halogens is 1. The molecule has 0 atom stereocenters. The van der Waals surface area contributed by atoms with Crippen LogP contribution in [0.4, 0.5) is 4.39 Å². The average Bonchev–Trinajstić information content (AvgIpc) is 2.68. The normalized spacial score (nSPS) is 10.5. The van der Waals surface area contributed by atoms with E-state index in [1.165, 1.54) is 6.07 Å². The smallest absolute Gasteiger partial charge is 0.132 e. The van der Waals surface area contributed by atoms with Gasteiger partial charge in [0.05, 0.1) is 5.69 Å². The quantitative estimate of drug-likeness (QED) is 0.803. The van der Waals surface area contributed by atoms with Gasteiger partial charge >= 0.3 is 0 Å². The van der Waals surface area contributed by atoms with Gasteiger partial charge in [0.2, 0.25) is 0 Å². The molecule has 0 aliphatic rings. The van der Waals surface area contributed by atoms with E-state index in [2.05, 4.69) is 15.5 Å². The zero-order chi connectivity index (χ0) is 10.7. The summed E-state index contributed by atoms with van der Waals surface area (Å²) >= 11 is 0. The number of hydrogen-bond donors (Lipinski definition) is 2. The summed E-state index contributed by atoms with van der Waals surface area (Å²) in [5, 5.41) is 9.91. The van der Waals surface area contributed by atoms with E-state index in [9.17, 15) is 4.39 Å².